The lowest BCUT2D eigenvalue weighted by Crippen LogP contribution is -2.53. The predicted molar refractivity (Wildman–Crippen MR) is 100 cm³/mol. The summed E-state index contributed by atoms with van der Waals surface area (Å²) in [6, 6.07) is 5.31. The first-order chi connectivity index (χ1) is 11.4. The van der Waals surface area contributed by atoms with Crippen LogP contribution in [0.15, 0.2) is 18.2 Å². The topological polar surface area (TPSA) is 38.3 Å². The highest BCUT2D eigenvalue weighted by Gasteiger charge is 2.57. The largest absolute Gasteiger partial charge is 0.495 e. The number of halogens is 2. The fourth-order valence-electron chi connectivity index (χ4n) is 5.86. The number of carbonyl (C=O) groups is 1. The number of hydrogen-bond acceptors (Lipinski definition) is 2. The van der Waals surface area contributed by atoms with Crippen LogP contribution in [-0.2, 0) is 4.79 Å². The minimum absolute atomic E-state index is 0.0774. The van der Waals surface area contributed by atoms with Gasteiger partial charge in [0.1, 0.15) is 5.75 Å². The molecular formula is C19H23BrClNO2. The van der Waals surface area contributed by atoms with E-state index in [0.717, 1.165) is 18.3 Å². The first-order valence-corrected chi connectivity index (χ1v) is 9.88. The first kappa shape index (κ1) is 16.7. The van der Waals surface area contributed by atoms with Crippen LogP contribution in [0.2, 0.25) is 5.02 Å². The summed E-state index contributed by atoms with van der Waals surface area (Å²) in [6.45, 7) is 0. The minimum Gasteiger partial charge on any atom is -0.495 e. The predicted octanol–water partition coefficient (Wildman–Crippen LogP) is 5.41. The van der Waals surface area contributed by atoms with Crippen LogP contribution in [0.4, 0.5) is 5.69 Å². The molecule has 4 aliphatic rings. The van der Waals surface area contributed by atoms with Crippen molar-refractivity contribution in [1.82, 2.24) is 0 Å². The zero-order valence-electron chi connectivity index (χ0n) is 13.9. The number of rotatable bonds is 4. The van der Waals surface area contributed by atoms with Gasteiger partial charge in [-0.25, -0.2) is 0 Å². The quantitative estimate of drug-likeness (QED) is 0.671. The summed E-state index contributed by atoms with van der Waals surface area (Å²) in [6.07, 6.45) is 8.08. The van der Waals surface area contributed by atoms with Crippen molar-refractivity contribution in [1.29, 1.82) is 0 Å². The van der Waals surface area contributed by atoms with Crippen LogP contribution in [0, 0.1) is 17.3 Å². The molecular weight excluding hydrogens is 390 g/mol. The van der Waals surface area contributed by atoms with E-state index in [4.69, 9.17) is 16.3 Å². The van der Waals surface area contributed by atoms with Gasteiger partial charge in [0.2, 0.25) is 5.91 Å². The Bertz CT molecular complexity index is 663. The van der Waals surface area contributed by atoms with E-state index in [9.17, 15) is 4.79 Å². The van der Waals surface area contributed by atoms with Gasteiger partial charge >= 0.3 is 0 Å². The SMILES string of the molecule is COc1ccc(Cl)cc1NC(=O)CC12C[C@@H]3C[C@@H](CC(Br)(C3)C1)C2. The van der Waals surface area contributed by atoms with E-state index in [0.29, 0.717) is 22.9 Å². The van der Waals surface area contributed by atoms with Gasteiger partial charge < -0.3 is 10.1 Å². The van der Waals surface area contributed by atoms with E-state index in [1.54, 1.807) is 25.3 Å². The number of hydrogen-bond donors (Lipinski definition) is 1. The molecule has 4 fully saturated rings. The lowest BCUT2D eigenvalue weighted by atomic mass is 9.48. The second kappa shape index (κ2) is 5.91. The average molecular weight is 413 g/mol. The Labute approximate surface area is 156 Å². The summed E-state index contributed by atoms with van der Waals surface area (Å²) in [7, 11) is 1.60. The molecule has 4 saturated carbocycles. The summed E-state index contributed by atoms with van der Waals surface area (Å²) in [5, 5.41) is 3.62. The number of alkyl halides is 1. The van der Waals surface area contributed by atoms with E-state index in [1.807, 2.05) is 0 Å². The molecule has 0 radical (unpaired) electrons. The zero-order valence-corrected chi connectivity index (χ0v) is 16.3. The van der Waals surface area contributed by atoms with E-state index in [2.05, 4.69) is 21.2 Å². The van der Waals surface area contributed by atoms with Crippen LogP contribution in [-0.4, -0.2) is 17.3 Å². The van der Waals surface area contributed by atoms with Crippen molar-refractivity contribution in [2.75, 3.05) is 12.4 Å². The molecule has 1 aromatic carbocycles. The Morgan fingerprint density at radius 3 is 2.67 bits per heavy atom. The standard InChI is InChI=1S/C19H23BrClNO2/c1-24-16-3-2-14(21)5-15(16)22-17(23)10-18-6-12-4-13(7-18)9-19(20,8-12)11-18/h2-3,5,12-13H,4,6-11H2,1H3,(H,22,23)/t12-,13+,18?,19?. The maximum absolute atomic E-state index is 12.8. The molecule has 0 aromatic heterocycles. The second-order valence-corrected chi connectivity index (χ2v) is 10.3. The molecule has 0 saturated heterocycles. The van der Waals surface area contributed by atoms with Crippen molar-refractivity contribution in [3.8, 4) is 5.75 Å². The molecule has 4 bridgehead atoms. The van der Waals surface area contributed by atoms with Crippen molar-refractivity contribution in [3.05, 3.63) is 23.2 Å². The molecule has 0 heterocycles. The van der Waals surface area contributed by atoms with Crippen LogP contribution >= 0.6 is 27.5 Å². The van der Waals surface area contributed by atoms with Crippen LogP contribution in [0.25, 0.3) is 0 Å². The van der Waals surface area contributed by atoms with E-state index in [1.165, 1.54) is 32.1 Å². The Morgan fingerprint density at radius 1 is 1.33 bits per heavy atom. The molecule has 1 aromatic rings. The number of ether oxygens (including phenoxy) is 1. The Balaban J connectivity index is 1.50. The van der Waals surface area contributed by atoms with Gasteiger partial charge in [-0.15, -0.1) is 0 Å². The van der Waals surface area contributed by atoms with Gasteiger partial charge in [-0.3, -0.25) is 4.79 Å². The molecule has 0 spiro atoms. The average Bonchev–Trinajstić information content (AvgIpc) is 2.43. The van der Waals surface area contributed by atoms with Crippen molar-refractivity contribution in [2.45, 2.75) is 49.3 Å². The van der Waals surface area contributed by atoms with Crippen molar-refractivity contribution in [2.24, 2.45) is 17.3 Å². The third-order valence-electron chi connectivity index (χ3n) is 6.08. The second-order valence-electron chi connectivity index (χ2n) is 8.18. The summed E-state index contributed by atoms with van der Waals surface area (Å²) in [4.78, 5) is 12.8. The van der Waals surface area contributed by atoms with Crippen molar-refractivity contribution < 1.29 is 9.53 Å². The number of amides is 1. The molecule has 2 unspecified atom stereocenters. The lowest BCUT2D eigenvalue weighted by Gasteiger charge is -2.60. The summed E-state index contributed by atoms with van der Waals surface area (Å²) >= 11 is 10.1. The number of anilines is 1. The highest BCUT2D eigenvalue weighted by atomic mass is 79.9. The van der Waals surface area contributed by atoms with Crippen LogP contribution in [0.3, 0.4) is 0 Å². The van der Waals surface area contributed by atoms with Crippen LogP contribution < -0.4 is 10.1 Å². The maximum Gasteiger partial charge on any atom is 0.225 e. The molecule has 0 aliphatic heterocycles. The summed E-state index contributed by atoms with van der Waals surface area (Å²) in [5.41, 5.74) is 0.831. The van der Waals surface area contributed by atoms with Crippen molar-refractivity contribution >= 4 is 39.1 Å². The van der Waals surface area contributed by atoms with Gasteiger partial charge in [0.05, 0.1) is 12.8 Å². The zero-order chi connectivity index (χ0) is 16.9. The van der Waals surface area contributed by atoms with E-state index in [-0.39, 0.29) is 15.6 Å². The van der Waals surface area contributed by atoms with Crippen molar-refractivity contribution in [3.63, 3.8) is 0 Å². The monoisotopic (exact) mass is 411 g/mol. The van der Waals surface area contributed by atoms with Crippen LogP contribution in [0.1, 0.15) is 44.9 Å². The number of nitrogens with one attached hydrogen (secondary N) is 1. The molecule has 24 heavy (non-hydrogen) atoms. The number of benzene rings is 1. The van der Waals surface area contributed by atoms with Gasteiger partial charge in [-0.2, -0.15) is 0 Å². The Hall–Kier alpha value is -0.740. The molecule has 130 valence electrons. The molecule has 5 rings (SSSR count). The van der Waals surface area contributed by atoms with E-state index < -0.39 is 0 Å². The smallest absolute Gasteiger partial charge is 0.225 e. The molecule has 1 amide bonds. The van der Waals surface area contributed by atoms with Gasteiger partial charge in [0.15, 0.2) is 0 Å². The Kier molecular flexibility index (Phi) is 4.12. The minimum atomic E-state index is 0.0774. The molecule has 4 atom stereocenters. The Morgan fingerprint density at radius 2 is 2.04 bits per heavy atom. The fraction of sp³-hybridized carbons (Fsp3) is 0.632. The maximum atomic E-state index is 12.8. The molecule has 3 nitrogen and oxygen atoms in total. The number of methoxy groups -OCH3 is 1. The third-order valence-corrected chi connectivity index (χ3v) is 7.24. The van der Waals surface area contributed by atoms with E-state index >= 15 is 0 Å². The first-order valence-electron chi connectivity index (χ1n) is 8.71. The third kappa shape index (κ3) is 3.08. The van der Waals surface area contributed by atoms with Crippen LogP contribution in [0.5, 0.6) is 5.75 Å². The van der Waals surface area contributed by atoms with Gasteiger partial charge in [-0.1, -0.05) is 27.5 Å². The van der Waals surface area contributed by atoms with Gasteiger partial charge in [0, 0.05) is 15.8 Å². The summed E-state index contributed by atoms with van der Waals surface area (Å²) in [5.74, 6) is 2.31. The normalized spacial score (nSPS) is 36.6. The highest BCUT2D eigenvalue weighted by molar-refractivity contribution is 9.10. The van der Waals surface area contributed by atoms with Gasteiger partial charge in [-0.05, 0) is 74.0 Å². The fourth-order valence-corrected chi connectivity index (χ4v) is 7.54. The number of carbonyl (C=O) groups excluding carboxylic acids is 1. The molecule has 1 N–H and O–H groups in total. The highest BCUT2D eigenvalue weighted by Crippen LogP contribution is 2.65. The van der Waals surface area contributed by atoms with Gasteiger partial charge in [0.25, 0.3) is 0 Å². The molecule has 4 aliphatic carbocycles. The molecule has 5 heteroatoms. The lowest BCUT2D eigenvalue weighted by molar-refractivity contribution is -0.123. The summed E-state index contributed by atoms with van der Waals surface area (Å²) < 4.78 is 5.61.